The van der Waals surface area contributed by atoms with Crippen molar-refractivity contribution >= 4 is 39.1 Å². The van der Waals surface area contributed by atoms with Crippen LogP contribution in [0, 0.1) is 0 Å². The molecule has 0 spiro atoms. The van der Waals surface area contributed by atoms with Crippen LogP contribution in [0.5, 0.6) is 0 Å². The zero-order valence-electron chi connectivity index (χ0n) is 12.1. The standard InChI is InChI=1S/C14H14Cl2N2O4S/c1-18(9-13(19)17-8-10-4-3-7-22-10)23(20,21)14-11(15)5-2-6-12(14)16/h2-7H,8-9H2,1H3,(H,17,19). The van der Waals surface area contributed by atoms with E-state index in [1.807, 2.05) is 0 Å². The first-order valence-corrected chi connectivity index (χ1v) is 8.71. The molecule has 2 aromatic rings. The molecule has 0 radical (unpaired) electrons. The summed E-state index contributed by atoms with van der Waals surface area (Å²) in [5.74, 6) is 0.0914. The molecule has 0 fully saturated rings. The first-order valence-electron chi connectivity index (χ1n) is 6.52. The van der Waals surface area contributed by atoms with Crippen LogP contribution in [-0.2, 0) is 21.4 Å². The molecule has 2 rings (SSSR count). The second-order valence-electron chi connectivity index (χ2n) is 4.67. The Labute approximate surface area is 144 Å². The normalized spacial score (nSPS) is 11.7. The minimum atomic E-state index is -3.98. The molecule has 124 valence electrons. The average Bonchev–Trinajstić information content (AvgIpc) is 2.98. The van der Waals surface area contributed by atoms with Crippen molar-refractivity contribution in [3.05, 3.63) is 52.4 Å². The second kappa shape index (κ2) is 7.35. The summed E-state index contributed by atoms with van der Waals surface area (Å²) in [5.41, 5.74) is 0. The predicted octanol–water partition coefficient (Wildman–Crippen LogP) is 2.52. The molecule has 0 aliphatic carbocycles. The summed E-state index contributed by atoms with van der Waals surface area (Å²) in [6.07, 6.45) is 1.48. The number of benzene rings is 1. The Morgan fingerprint density at radius 3 is 2.43 bits per heavy atom. The number of likely N-dealkylation sites (N-methyl/N-ethyl adjacent to an activating group) is 1. The van der Waals surface area contributed by atoms with Gasteiger partial charge in [0.2, 0.25) is 15.9 Å². The largest absolute Gasteiger partial charge is 0.467 e. The molecule has 0 aliphatic rings. The third-order valence-electron chi connectivity index (χ3n) is 2.99. The molecule has 9 heteroatoms. The Kier molecular flexibility index (Phi) is 5.69. The third kappa shape index (κ3) is 4.26. The Balaban J connectivity index is 2.06. The molecule has 0 atom stereocenters. The van der Waals surface area contributed by atoms with E-state index in [1.165, 1.54) is 25.4 Å². The highest BCUT2D eigenvalue weighted by Gasteiger charge is 2.27. The summed E-state index contributed by atoms with van der Waals surface area (Å²) < 4.78 is 31.0. The Bertz CT molecular complexity index is 771. The van der Waals surface area contributed by atoms with Gasteiger partial charge in [-0.1, -0.05) is 29.3 Å². The number of halogens is 2. The van der Waals surface area contributed by atoms with Crippen molar-refractivity contribution in [2.45, 2.75) is 11.4 Å². The van der Waals surface area contributed by atoms with Crippen molar-refractivity contribution in [2.24, 2.45) is 0 Å². The van der Waals surface area contributed by atoms with Crippen molar-refractivity contribution in [1.82, 2.24) is 9.62 Å². The molecule has 0 unspecified atom stereocenters. The maximum atomic E-state index is 12.5. The van der Waals surface area contributed by atoms with Gasteiger partial charge in [0.05, 0.1) is 29.4 Å². The van der Waals surface area contributed by atoms with Crippen molar-refractivity contribution in [2.75, 3.05) is 13.6 Å². The van der Waals surface area contributed by atoms with Gasteiger partial charge in [-0.2, -0.15) is 4.31 Å². The zero-order valence-corrected chi connectivity index (χ0v) is 14.5. The number of carbonyl (C=O) groups is 1. The van der Waals surface area contributed by atoms with E-state index in [1.54, 1.807) is 18.2 Å². The SMILES string of the molecule is CN(CC(=O)NCc1ccco1)S(=O)(=O)c1c(Cl)cccc1Cl. The lowest BCUT2D eigenvalue weighted by Gasteiger charge is -2.18. The summed E-state index contributed by atoms with van der Waals surface area (Å²) >= 11 is 11.8. The average molecular weight is 377 g/mol. The topological polar surface area (TPSA) is 79.6 Å². The number of hydrogen-bond acceptors (Lipinski definition) is 4. The van der Waals surface area contributed by atoms with Gasteiger partial charge in [0.25, 0.3) is 0 Å². The number of carbonyl (C=O) groups excluding carboxylic acids is 1. The van der Waals surface area contributed by atoms with Gasteiger partial charge in [-0.25, -0.2) is 8.42 Å². The van der Waals surface area contributed by atoms with Crippen LogP contribution in [0.25, 0.3) is 0 Å². The number of hydrogen-bond donors (Lipinski definition) is 1. The lowest BCUT2D eigenvalue weighted by molar-refractivity contribution is -0.121. The summed E-state index contributed by atoms with van der Waals surface area (Å²) in [7, 11) is -2.70. The first kappa shape index (κ1) is 17.8. The summed E-state index contributed by atoms with van der Waals surface area (Å²) in [6.45, 7) is -0.197. The number of rotatable bonds is 6. The number of nitrogens with zero attached hydrogens (tertiary/aromatic N) is 1. The van der Waals surface area contributed by atoms with Crippen LogP contribution in [0.2, 0.25) is 10.0 Å². The van der Waals surface area contributed by atoms with Crippen molar-refractivity contribution in [3.63, 3.8) is 0 Å². The molecular weight excluding hydrogens is 363 g/mol. The van der Waals surface area contributed by atoms with Gasteiger partial charge in [0.1, 0.15) is 10.7 Å². The molecule has 0 saturated carbocycles. The fourth-order valence-electron chi connectivity index (χ4n) is 1.83. The molecule has 6 nitrogen and oxygen atoms in total. The van der Waals surface area contributed by atoms with E-state index in [0.29, 0.717) is 5.76 Å². The predicted molar refractivity (Wildman–Crippen MR) is 86.8 cm³/mol. The van der Waals surface area contributed by atoms with Gasteiger partial charge < -0.3 is 9.73 Å². The van der Waals surface area contributed by atoms with Gasteiger partial charge in [-0.15, -0.1) is 0 Å². The Hall–Kier alpha value is -1.54. The van der Waals surface area contributed by atoms with Crippen LogP contribution < -0.4 is 5.32 Å². The van der Waals surface area contributed by atoms with Crippen LogP contribution in [0.15, 0.2) is 45.9 Å². The number of nitrogens with one attached hydrogen (secondary N) is 1. The number of amides is 1. The van der Waals surface area contributed by atoms with E-state index < -0.39 is 15.9 Å². The molecule has 1 heterocycles. The van der Waals surface area contributed by atoms with Crippen LogP contribution in [0.3, 0.4) is 0 Å². The molecule has 1 amide bonds. The number of sulfonamides is 1. The highest BCUT2D eigenvalue weighted by molar-refractivity contribution is 7.89. The lowest BCUT2D eigenvalue weighted by atomic mass is 10.4. The monoisotopic (exact) mass is 376 g/mol. The van der Waals surface area contributed by atoms with Crippen LogP contribution in [0.4, 0.5) is 0 Å². The fraction of sp³-hybridized carbons (Fsp3) is 0.214. The fourth-order valence-corrected chi connectivity index (χ4v) is 4.04. The summed E-state index contributed by atoms with van der Waals surface area (Å²) in [5, 5.41) is 2.56. The van der Waals surface area contributed by atoms with Gasteiger partial charge in [0, 0.05) is 7.05 Å². The molecular formula is C14H14Cl2N2O4S. The van der Waals surface area contributed by atoms with Crippen molar-refractivity contribution in [3.8, 4) is 0 Å². The minimum Gasteiger partial charge on any atom is -0.467 e. The van der Waals surface area contributed by atoms with E-state index in [2.05, 4.69) is 5.32 Å². The molecule has 0 saturated heterocycles. The smallest absolute Gasteiger partial charge is 0.246 e. The van der Waals surface area contributed by atoms with Crippen LogP contribution >= 0.6 is 23.2 Å². The van der Waals surface area contributed by atoms with Crippen molar-refractivity contribution < 1.29 is 17.6 Å². The second-order valence-corrected chi connectivity index (χ2v) is 7.46. The molecule has 1 aromatic carbocycles. The third-order valence-corrected chi connectivity index (χ3v) is 5.75. The van der Waals surface area contributed by atoms with E-state index in [4.69, 9.17) is 27.6 Å². The maximum Gasteiger partial charge on any atom is 0.246 e. The molecule has 23 heavy (non-hydrogen) atoms. The lowest BCUT2D eigenvalue weighted by Crippen LogP contribution is -2.38. The van der Waals surface area contributed by atoms with Gasteiger partial charge in [0.15, 0.2) is 0 Å². The first-order chi connectivity index (χ1) is 10.8. The summed E-state index contributed by atoms with van der Waals surface area (Å²) in [6, 6.07) is 7.78. The maximum absolute atomic E-state index is 12.5. The molecule has 1 aromatic heterocycles. The Morgan fingerprint density at radius 2 is 1.87 bits per heavy atom. The molecule has 0 aliphatic heterocycles. The molecule has 0 bridgehead atoms. The number of furan rings is 1. The highest BCUT2D eigenvalue weighted by Crippen LogP contribution is 2.30. The summed E-state index contributed by atoms with van der Waals surface area (Å²) in [4.78, 5) is 11.7. The Morgan fingerprint density at radius 1 is 1.22 bits per heavy atom. The quantitative estimate of drug-likeness (QED) is 0.839. The van der Waals surface area contributed by atoms with Crippen molar-refractivity contribution in [1.29, 1.82) is 0 Å². The zero-order chi connectivity index (χ0) is 17.0. The highest BCUT2D eigenvalue weighted by atomic mass is 35.5. The van der Waals surface area contributed by atoms with Gasteiger partial charge in [-0.3, -0.25) is 4.79 Å². The van der Waals surface area contributed by atoms with E-state index in [-0.39, 0.29) is 28.0 Å². The van der Waals surface area contributed by atoms with E-state index >= 15 is 0 Å². The van der Waals surface area contributed by atoms with Gasteiger partial charge in [-0.05, 0) is 24.3 Å². The van der Waals surface area contributed by atoms with E-state index in [0.717, 1.165) is 4.31 Å². The van der Waals surface area contributed by atoms with E-state index in [9.17, 15) is 13.2 Å². The van der Waals surface area contributed by atoms with Crippen LogP contribution in [0.1, 0.15) is 5.76 Å². The molecule has 1 N–H and O–H groups in total. The van der Waals surface area contributed by atoms with Gasteiger partial charge >= 0.3 is 0 Å². The van der Waals surface area contributed by atoms with Crippen LogP contribution in [-0.4, -0.2) is 32.2 Å². The minimum absolute atomic E-state index is 0.000318.